The Morgan fingerprint density at radius 3 is 2.10 bits per heavy atom. The van der Waals surface area contributed by atoms with Crippen LogP contribution in [0.5, 0.6) is 0 Å². The van der Waals surface area contributed by atoms with Gasteiger partial charge in [-0.25, -0.2) is 4.79 Å². The molecule has 0 spiro atoms. The van der Waals surface area contributed by atoms with E-state index in [-0.39, 0.29) is 18.0 Å². The van der Waals surface area contributed by atoms with E-state index in [2.05, 4.69) is 10.6 Å². The van der Waals surface area contributed by atoms with Crippen molar-refractivity contribution < 1.29 is 9.59 Å². The Morgan fingerprint density at radius 1 is 0.900 bits per heavy atom. The summed E-state index contributed by atoms with van der Waals surface area (Å²) in [7, 11) is 0. The number of hydrogen-bond acceptors (Lipinski definition) is 3. The van der Waals surface area contributed by atoms with Gasteiger partial charge in [-0.05, 0) is 49.7 Å². The Hall–Kier alpha value is -3.25. The van der Waals surface area contributed by atoms with Gasteiger partial charge in [-0.1, -0.05) is 55.1 Å². The minimum Gasteiger partial charge on any atom is -0.350 e. The lowest BCUT2D eigenvalue weighted by molar-refractivity contribution is 0.0940. The van der Waals surface area contributed by atoms with E-state index >= 15 is 0 Å². The zero-order chi connectivity index (χ0) is 21.1. The smallest absolute Gasteiger partial charge is 0.331 e. The molecule has 1 aliphatic rings. The maximum atomic E-state index is 13.4. The molecule has 1 unspecified atom stereocenters. The Balaban J connectivity index is 1.67. The zero-order valence-electron chi connectivity index (χ0n) is 16.9. The van der Waals surface area contributed by atoms with Gasteiger partial charge < -0.3 is 10.6 Å². The van der Waals surface area contributed by atoms with E-state index < -0.39 is 0 Å². The fraction of sp³-hybridized carbons (Fsp3) is 0.167. The van der Waals surface area contributed by atoms with Crippen molar-refractivity contribution in [1.29, 1.82) is 0 Å². The molecule has 0 bridgehead atoms. The maximum Gasteiger partial charge on any atom is 0.331 e. The Morgan fingerprint density at radius 2 is 1.47 bits per heavy atom. The molecule has 0 saturated heterocycles. The SMILES string of the molecule is CCC(C)NC(=O)c1ccccc1NC(=O)N1c2ccccc2Sc2ccccc21. The van der Waals surface area contributed by atoms with Crippen LogP contribution in [0, 0.1) is 0 Å². The van der Waals surface area contributed by atoms with Crippen LogP contribution in [0.3, 0.4) is 0 Å². The lowest BCUT2D eigenvalue weighted by Crippen LogP contribution is -2.35. The Labute approximate surface area is 180 Å². The van der Waals surface area contributed by atoms with Crippen LogP contribution in [0.25, 0.3) is 0 Å². The highest BCUT2D eigenvalue weighted by molar-refractivity contribution is 7.99. The highest BCUT2D eigenvalue weighted by atomic mass is 32.2. The van der Waals surface area contributed by atoms with E-state index in [0.29, 0.717) is 11.3 Å². The van der Waals surface area contributed by atoms with Gasteiger partial charge >= 0.3 is 6.03 Å². The number of anilines is 3. The first-order chi connectivity index (χ1) is 14.6. The molecule has 1 aliphatic heterocycles. The van der Waals surface area contributed by atoms with Crippen molar-refractivity contribution in [2.24, 2.45) is 0 Å². The summed E-state index contributed by atoms with van der Waals surface area (Å²) in [6.07, 6.45) is 0.833. The van der Waals surface area contributed by atoms with Crippen LogP contribution >= 0.6 is 11.8 Å². The van der Waals surface area contributed by atoms with Gasteiger partial charge in [-0.2, -0.15) is 0 Å². The van der Waals surface area contributed by atoms with Gasteiger partial charge in [0.05, 0.1) is 22.6 Å². The van der Waals surface area contributed by atoms with Gasteiger partial charge in [0.2, 0.25) is 0 Å². The second-order valence-corrected chi connectivity index (χ2v) is 8.22. The predicted octanol–water partition coefficient (Wildman–Crippen LogP) is 6.05. The number of nitrogens with zero attached hydrogens (tertiary/aromatic N) is 1. The third-order valence-electron chi connectivity index (χ3n) is 5.04. The third-order valence-corrected chi connectivity index (χ3v) is 6.17. The quantitative estimate of drug-likeness (QED) is 0.543. The summed E-state index contributed by atoms with van der Waals surface area (Å²) in [5.41, 5.74) is 2.57. The van der Waals surface area contributed by atoms with Crippen molar-refractivity contribution >= 4 is 40.8 Å². The number of rotatable bonds is 4. The van der Waals surface area contributed by atoms with Gasteiger partial charge in [0.25, 0.3) is 5.91 Å². The van der Waals surface area contributed by atoms with Crippen molar-refractivity contribution in [3.8, 4) is 0 Å². The molecule has 4 rings (SSSR count). The molecule has 0 fully saturated rings. The van der Waals surface area contributed by atoms with Gasteiger partial charge in [-0.3, -0.25) is 9.69 Å². The average molecular weight is 418 g/mol. The topological polar surface area (TPSA) is 61.4 Å². The van der Waals surface area contributed by atoms with Gasteiger partial charge in [-0.15, -0.1) is 0 Å². The molecule has 6 heteroatoms. The van der Waals surface area contributed by atoms with Crippen LogP contribution in [-0.2, 0) is 0 Å². The number of carbonyl (C=O) groups is 2. The second kappa shape index (κ2) is 8.63. The number of hydrogen-bond donors (Lipinski definition) is 2. The molecule has 3 amide bonds. The number of para-hydroxylation sites is 3. The van der Waals surface area contributed by atoms with E-state index in [0.717, 1.165) is 27.6 Å². The van der Waals surface area contributed by atoms with E-state index in [1.54, 1.807) is 34.9 Å². The summed E-state index contributed by atoms with van der Waals surface area (Å²) in [6.45, 7) is 3.97. The monoisotopic (exact) mass is 417 g/mol. The van der Waals surface area contributed by atoms with Crippen LogP contribution in [-0.4, -0.2) is 18.0 Å². The summed E-state index contributed by atoms with van der Waals surface area (Å²) < 4.78 is 0. The predicted molar refractivity (Wildman–Crippen MR) is 122 cm³/mol. The largest absolute Gasteiger partial charge is 0.350 e. The van der Waals surface area contributed by atoms with Crippen molar-refractivity contribution in [2.75, 3.05) is 10.2 Å². The van der Waals surface area contributed by atoms with Crippen LogP contribution < -0.4 is 15.5 Å². The van der Waals surface area contributed by atoms with Gasteiger partial charge in [0, 0.05) is 15.8 Å². The molecule has 3 aromatic rings. The molecule has 1 heterocycles. The van der Waals surface area contributed by atoms with E-state index in [1.807, 2.05) is 68.4 Å². The Bertz CT molecular complexity index is 1050. The maximum absolute atomic E-state index is 13.4. The van der Waals surface area contributed by atoms with E-state index in [9.17, 15) is 9.59 Å². The number of urea groups is 1. The first-order valence-corrected chi connectivity index (χ1v) is 10.8. The van der Waals surface area contributed by atoms with Crippen molar-refractivity contribution in [1.82, 2.24) is 5.32 Å². The molecular formula is C24H23N3O2S. The second-order valence-electron chi connectivity index (χ2n) is 7.13. The van der Waals surface area contributed by atoms with Gasteiger partial charge in [0.15, 0.2) is 0 Å². The molecule has 1 atom stereocenters. The van der Waals surface area contributed by atoms with Crippen molar-refractivity contribution in [3.05, 3.63) is 78.4 Å². The molecule has 5 nitrogen and oxygen atoms in total. The standard InChI is InChI=1S/C24H23N3O2S/c1-3-16(2)25-23(28)17-10-4-5-11-18(17)26-24(29)27-19-12-6-8-14-21(19)30-22-15-9-7-13-20(22)27/h4-16H,3H2,1-2H3,(H,25,28)(H,26,29). The fourth-order valence-corrected chi connectivity index (χ4v) is 4.35. The molecule has 2 N–H and O–H groups in total. The molecule has 152 valence electrons. The highest BCUT2D eigenvalue weighted by Crippen LogP contribution is 2.48. The molecule has 30 heavy (non-hydrogen) atoms. The zero-order valence-corrected chi connectivity index (χ0v) is 17.7. The van der Waals surface area contributed by atoms with Crippen LogP contribution in [0.2, 0.25) is 0 Å². The molecule has 0 aliphatic carbocycles. The van der Waals surface area contributed by atoms with Crippen LogP contribution in [0.1, 0.15) is 30.6 Å². The van der Waals surface area contributed by atoms with Crippen LogP contribution in [0.15, 0.2) is 82.6 Å². The lowest BCUT2D eigenvalue weighted by Gasteiger charge is -2.31. The van der Waals surface area contributed by atoms with E-state index in [4.69, 9.17) is 0 Å². The average Bonchev–Trinajstić information content (AvgIpc) is 2.77. The minimum atomic E-state index is -0.306. The molecular weight excluding hydrogens is 394 g/mol. The number of nitrogens with one attached hydrogen (secondary N) is 2. The van der Waals surface area contributed by atoms with Gasteiger partial charge in [0.1, 0.15) is 0 Å². The number of fused-ring (bicyclic) bond motifs is 2. The summed E-state index contributed by atoms with van der Waals surface area (Å²) in [6, 6.07) is 22.5. The summed E-state index contributed by atoms with van der Waals surface area (Å²) in [5, 5.41) is 5.91. The lowest BCUT2D eigenvalue weighted by atomic mass is 10.1. The molecule has 0 saturated carbocycles. The first kappa shape index (κ1) is 20.0. The summed E-state index contributed by atoms with van der Waals surface area (Å²) in [4.78, 5) is 29.8. The normalized spacial score (nSPS) is 13.1. The molecule has 0 aromatic heterocycles. The van der Waals surface area contributed by atoms with E-state index in [1.165, 1.54) is 0 Å². The van der Waals surface area contributed by atoms with Crippen LogP contribution in [0.4, 0.5) is 21.9 Å². The fourth-order valence-electron chi connectivity index (χ4n) is 3.29. The number of carbonyl (C=O) groups excluding carboxylic acids is 2. The van der Waals surface area contributed by atoms with Crippen molar-refractivity contribution in [2.45, 2.75) is 36.1 Å². The molecule has 0 radical (unpaired) electrons. The molecule has 3 aromatic carbocycles. The Kier molecular flexibility index (Phi) is 5.77. The first-order valence-electron chi connectivity index (χ1n) is 9.95. The third kappa shape index (κ3) is 3.91. The number of amides is 3. The highest BCUT2D eigenvalue weighted by Gasteiger charge is 2.28. The number of benzene rings is 3. The summed E-state index contributed by atoms with van der Waals surface area (Å²) in [5.74, 6) is -0.199. The minimum absolute atomic E-state index is 0.0548. The van der Waals surface area contributed by atoms with Crippen molar-refractivity contribution in [3.63, 3.8) is 0 Å². The summed E-state index contributed by atoms with van der Waals surface area (Å²) >= 11 is 1.64.